The highest BCUT2D eigenvalue weighted by Crippen LogP contribution is 2.38. The average molecular weight is 494 g/mol. The Morgan fingerprint density at radius 2 is 1.94 bits per heavy atom. The number of aromatic nitrogens is 2. The predicted molar refractivity (Wildman–Crippen MR) is 135 cm³/mol. The summed E-state index contributed by atoms with van der Waals surface area (Å²) in [4.78, 5) is 45.7. The first-order valence-electron chi connectivity index (χ1n) is 11.2. The van der Waals surface area contributed by atoms with Crippen LogP contribution < -0.4 is 10.9 Å². The predicted octanol–water partition coefficient (Wildman–Crippen LogP) is 4.88. The molecule has 9 heteroatoms. The maximum absolute atomic E-state index is 13.1. The number of nitrogens with zero attached hydrogens (tertiary/aromatic N) is 2. The Morgan fingerprint density at radius 1 is 1.15 bits per heavy atom. The number of esters is 1. The van der Waals surface area contributed by atoms with Gasteiger partial charge in [-0.25, -0.2) is 9.78 Å². The number of fused-ring (bicyclic) bond motifs is 2. The van der Waals surface area contributed by atoms with Gasteiger partial charge in [0.15, 0.2) is 0 Å². The molecule has 3 heterocycles. The van der Waals surface area contributed by atoms with Gasteiger partial charge in [-0.3, -0.25) is 14.2 Å². The normalized spacial score (nSPS) is 13.0. The third-order valence-electron chi connectivity index (χ3n) is 5.79. The number of benzene rings is 1. The first-order chi connectivity index (χ1) is 16.5. The lowest BCUT2D eigenvalue weighted by molar-refractivity contribution is -0.116. The van der Waals surface area contributed by atoms with Crippen LogP contribution in [-0.4, -0.2) is 28.0 Å². The summed E-state index contributed by atoms with van der Waals surface area (Å²) < 4.78 is 6.55. The number of hydrogen-bond acceptors (Lipinski definition) is 7. The fourth-order valence-corrected chi connectivity index (χ4v) is 6.50. The molecule has 174 valence electrons. The van der Waals surface area contributed by atoms with Crippen molar-refractivity contribution in [3.8, 4) is 10.4 Å². The Balaban J connectivity index is 1.40. The number of hydrogen-bond donors (Lipinski definition) is 1. The number of nitrogens with one attached hydrogen (secondary N) is 1. The molecular weight excluding hydrogens is 470 g/mol. The molecule has 0 spiro atoms. The lowest BCUT2D eigenvalue weighted by Crippen LogP contribution is -2.27. The highest BCUT2D eigenvalue weighted by atomic mass is 32.1. The number of ether oxygens (including phenoxy) is 1. The van der Waals surface area contributed by atoms with Crippen LogP contribution in [0.1, 0.15) is 40.6 Å². The van der Waals surface area contributed by atoms with Crippen LogP contribution in [0.15, 0.2) is 47.5 Å². The molecule has 0 fully saturated rings. The number of aryl methyl sites for hydroxylation is 1. The fourth-order valence-electron chi connectivity index (χ4n) is 4.21. The van der Waals surface area contributed by atoms with E-state index in [2.05, 4.69) is 10.3 Å². The van der Waals surface area contributed by atoms with E-state index in [9.17, 15) is 14.4 Å². The van der Waals surface area contributed by atoms with Crippen molar-refractivity contribution in [3.63, 3.8) is 0 Å². The Morgan fingerprint density at radius 3 is 2.74 bits per heavy atom. The molecule has 1 N–H and O–H groups in total. The number of thiophene rings is 2. The van der Waals surface area contributed by atoms with Gasteiger partial charge >= 0.3 is 5.97 Å². The molecule has 3 aromatic heterocycles. The van der Waals surface area contributed by atoms with Crippen molar-refractivity contribution < 1.29 is 14.3 Å². The SMILES string of the molecule is CCOC(=O)c1c(NC(=O)Cn2cnc3sc(-c4ccccc4)cc3c2=O)sc2c1CCCC2. The van der Waals surface area contributed by atoms with Gasteiger partial charge in [0.05, 0.1) is 23.9 Å². The number of carbonyl (C=O) groups excluding carboxylic acids is 2. The van der Waals surface area contributed by atoms with Gasteiger partial charge in [0, 0.05) is 9.75 Å². The Hall–Kier alpha value is -3.30. The van der Waals surface area contributed by atoms with Crippen molar-refractivity contribution in [1.82, 2.24) is 9.55 Å². The quantitative estimate of drug-likeness (QED) is 0.387. The topological polar surface area (TPSA) is 90.3 Å². The van der Waals surface area contributed by atoms with Gasteiger partial charge in [0.25, 0.3) is 5.56 Å². The largest absolute Gasteiger partial charge is 0.462 e. The van der Waals surface area contributed by atoms with E-state index in [1.54, 1.807) is 6.92 Å². The van der Waals surface area contributed by atoms with Crippen LogP contribution in [0.2, 0.25) is 0 Å². The second-order valence-electron chi connectivity index (χ2n) is 8.06. The summed E-state index contributed by atoms with van der Waals surface area (Å²) in [7, 11) is 0. The third kappa shape index (κ3) is 4.28. The van der Waals surface area contributed by atoms with Gasteiger partial charge < -0.3 is 10.1 Å². The highest BCUT2D eigenvalue weighted by Gasteiger charge is 2.27. The van der Waals surface area contributed by atoms with Gasteiger partial charge in [-0.05, 0) is 49.8 Å². The number of amides is 1. The molecule has 0 radical (unpaired) electrons. The lowest BCUT2D eigenvalue weighted by atomic mass is 9.95. The van der Waals surface area contributed by atoms with Gasteiger partial charge in [-0.15, -0.1) is 22.7 Å². The molecule has 1 aromatic carbocycles. The van der Waals surface area contributed by atoms with E-state index in [-0.39, 0.29) is 24.6 Å². The fraction of sp³-hybridized carbons (Fsp3) is 0.280. The molecular formula is C25H23N3O4S2. The minimum absolute atomic E-state index is 0.191. The van der Waals surface area contributed by atoms with Crippen molar-refractivity contribution in [2.75, 3.05) is 11.9 Å². The molecule has 0 bridgehead atoms. The van der Waals surface area contributed by atoms with E-state index in [4.69, 9.17) is 4.74 Å². The van der Waals surface area contributed by atoms with Crippen molar-refractivity contribution in [1.29, 1.82) is 0 Å². The van der Waals surface area contributed by atoms with Crippen LogP contribution in [0.3, 0.4) is 0 Å². The Kier molecular flexibility index (Phi) is 6.30. The van der Waals surface area contributed by atoms with E-state index in [1.807, 2.05) is 36.4 Å². The standard InChI is InChI=1S/C25H23N3O4S2/c1-2-32-25(31)21-16-10-6-7-11-18(16)33-23(21)27-20(29)13-28-14-26-22-17(24(28)30)12-19(34-22)15-8-4-3-5-9-15/h3-5,8-9,12,14H,2,6-7,10-11,13H2,1H3,(H,27,29). The summed E-state index contributed by atoms with van der Waals surface area (Å²) in [5, 5.41) is 3.84. The molecule has 0 atom stereocenters. The summed E-state index contributed by atoms with van der Waals surface area (Å²) >= 11 is 2.87. The minimum atomic E-state index is -0.413. The third-order valence-corrected chi connectivity index (χ3v) is 8.09. The van der Waals surface area contributed by atoms with Crippen LogP contribution in [0, 0.1) is 0 Å². The van der Waals surface area contributed by atoms with E-state index in [0.29, 0.717) is 20.8 Å². The van der Waals surface area contributed by atoms with Crippen molar-refractivity contribution in [3.05, 3.63) is 69.1 Å². The maximum Gasteiger partial charge on any atom is 0.341 e. The summed E-state index contributed by atoms with van der Waals surface area (Å²) in [5.41, 5.74) is 2.19. The monoisotopic (exact) mass is 493 g/mol. The van der Waals surface area contributed by atoms with E-state index in [1.165, 1.54) is 33.6 Å². The molecule has 4 aromatic rings. The summed E-state index contributed by atoms with van der Waals surface area (Å²) in [6.07, 6.45) is 5.18. The second-order valence-corrected chi connectivity index (χ2v) is 10.2. The van der Waals surface area contributed by atoms with Crippen LogP contribution in [0.5, 0.6) is 0 Å². The zero-order valence-corrected chi connectivity index (χ0v) is 20.3. The number of carbonyl (C=O) groups is 2. The average Bonchev–Trinajstić information content (AvgIpc) is 3.43. The van der Waals surface area contributed by atoms with Crippen LogP contribution in [-0.2, 0) is 28.9 Å². The summed E-state index contributed by atoms with van der Waals surface area (Å²) in [6, 6.07) is 11.6. The number of rotatable bonds is 6. The maximum atomic E-state index is 13.1. The van der Waals surface area contributed by atoms with Crippen molar-refractivity contribution in [2.24, 2.45) is 0 Å². The molecule has 1 amide bonds. The van der Waals surface area contributed by atoms with Gasteiger partial charge in [0.2, 0.25) is 5.91 Å². The first kappa shape index (κ1) is 22.5. The molecule has 0 saturated carbocycles. The second kappa shape index (κ2) is 9.52. The van der Waals surface area contributed by atoms with Crippen LogP contribution in [0.4, 0.5) is 5.00 Å². The zero-order valence-electron chi connectivity index (χ0n) is 18.6. The van der Waals surface area contributed by atoms with E-state index in [0.717, 1.165) is 46.6 Å². The van der Waals surface area contributed by atoms with Crippen molar-refractivity contribution in [2.45, 2.75) is 39.2 Å². The van der Waals surface area contributed by atoms with Crippen LogP contribution in [0.25, 0.3) is 20.7 Å². The van der Waals surface area contributed by atoms with E-state index >= 15 is 0 Å². The molecule has 0 saturated heterocycles. The lowest BCUT2D eigenvalue weighted by Gasteiger charge is -2.12. The van der Waals surface area contributed by atoms with E-state index < -0.39 is 5.97 Å². The van der Waals surface area contributed by atoms with Gasteiger partial charge in [-0.1, -0.05) is 30.3 Å². The molecule has 1 aliphatic carbocycles. The summed E-state index contributed by atoms with van der Waals surface area (Å²) in [6.45, 7) is 1.84. The molecule has 5 rings (SSSR count). The molecule has 0 unspecified atom stereocenters. The highest BCUT2D eigenvalue weighted by molar-refractivity contribution is 7.21. The van der Waals surface area contributed by atoms with Crippen molar-refractivity contribution >= 4 is 49.8 Å². The molecule has 34 heavy (non-hydrogen) atoms. The van der Waals surface area contributed by atoms with Gasteiger partial charge in [0.1, 0.15) is 16.4 Å². The van der Waals surface area contributed by atoms with Crippen LogP contribution >= 0.6 is 22.7 Å². The minimum Gasteiger partial charge on any atom is -0.462 e. The summed E-state index contributed by atoms with van der Waals surface area (Å²) in [5.74, 6) is -0.796. The molecule has 0 aliphatic heterocycles. The smallest absolute Gasteiger partial charge is 0.341 e. The Bertz CT molecular complexity index is 1440. The molecule has 1 aliphatic rings. The molecule has 7 nitrogen and oxygen atoms in total. The first-order valence-corrected chi connectivity index (χ1v) is 12.8. The Labute approximate surface area is 204 Å². The zero-order chi connectivity index (χ0) is 23.7. The number of anilines is 1. The van der Waals surface area contributed by atoms with Gasteiger partial charge in [-0.2, -0.15) is 0 Å².